The summed E-state index contributed by atoms with van der Waals surface area (Å²) in [6.45, 7) is 10.2. The monoisotopic (exact) mass is 620 g/mol. The molecule has 44 heavy (non-hydrogen) atoms. The maximum absolute atomic E-state index is 13.0. The molecule has 0 aliphatic heterocycles. The van der Waals surface area contributed by atoms with Crippen LogP contribution in [0.1, 0.15) is 55.1 Å². The van der Waals surface area contributed by atoms with Crippen LogP contribution in [0.5, 0.6) is 5.75 Å². The average Bonchev–Trinajstić information content (AvgIpc) is 3.59. The van der Waals surface area contributed by atoms with Gasteiger partial charge >= 0.3 is 12.4 Å². The first-order valence-electron chi connectivity index (χ1n) is 13.9. The number of carbonyl (C=O) groups is 1. The summed E-state index contributed by atoms with van der Waals surface area (Å²) in [5, 5.41) is 9.39. The molecule has 1 N–H and O–H groups in total. The minimum absolute atomic E-state index is 0.305. The van der Waals surface area contributed by atoms with Gasteiger partial charge in [-0.2, -0.15) is 4.99 Å². The number of amides is 2. The predicted octanol–water partition coefficient (Wildman–Crippen LogP) is 7.80. The molecule has 12 heteroatoms. The van der Waals surface area contributed by atoms with Crippen molar-refractivity contribution in [2.24, 2.45) is 4.99 Å². The van der Waals surface area contributed by atoms with Crippen molar-refractivity contribution in [3.63, 3.8) is 0 Å². The van der Waals surface area contributed by atoms with E-state index in [1.807, 2.05) is 55.0 Å². The minimum Gasteiger partial charge on any atom is -0.406 e. The lowest BCUT2D eigenvalue weighted by Gasteiger charge is -2.16. The van der Waals surface area contributed by atoms with E-state index < -0.39 is 12.4 Å². The molecule has 5 aromatic rings. The van der Waals surface area contributed by atoms with Crippen LogP contribution in [0.2, 0.25) is 0 Å². The zero-order chi connectivity index (χ0) is 31.6. The number of thiazole rings is 1. The molecule has 8 nitrogen and oxygen atoms in total. The van der Waals surface area contributed by atoms with Crippen molar-refractivity contribution in [2.45, 2.75) is 52.9 Å². The van der Waals surface area contributed by atoms with Gasteiger partial charge in [-0.3, -0.25) is 4.57 Å². The van der Waals surface area contributed by atoms with Gasteiger partial charge in [0.15, 0.2) is 10.6 Å². The molecule has 3 aromatic carbocycles. The molecule has 0 saturated heterocycles. The molecule has 0 saturated carbocycles. The lowest BCUT2D eigenvalue weighted by molar-refractivity contribution is -0.274. The summed E-state index contributed by atoms with van der Waals surface area (Å²) in [4.78, 5) is 22.4. The van der Waals surface area contributed by atoms with E-state index in [4.69, 9.17) is 0 Å². The van der Waals surface area contributed by atoms with Crippen molar-refractivity contribution in [3.8, 4) is 28.5 Å². The molecule has 1 unspecified atom stereocenters. The molecule has 0 spiro atoms. The van der Waals surface area contributed by atoms with Gasteiger partial charge in [-0.1, -0.05) is 50.2 Å². The van der Waals surface area contributed by atoms with E-state index in [9.17, 15) is 18.0 Å². The van der Waals surface area contributed by atoms with Crippen molar-refractivity contribution in [2.75, 3.05) is 0 Å². The van der Waals surface area contributed by atoms with Crippen LogP contribution in [-0.4, -0.2) is 31.7 Å². The van der Waals surface area contributed by atoms with Crippen molar-refractivity contribution in [1.29, 1.82) is 0 Å². The number of rotatable bonds is 7. The predicted molar refractivity (Wildman–Crippen MR) is 163 cm³/mol. The smallest absolute Gasteiger partial charge is 0.406 e. The summed E-state index contributed by atoms with van der Waals surface area (Å²) in [6, 6.07) is 18.4. The number of aryl methyl sites for hydroxylation is 2. The molecule has 0 aliphatic rings. The molecular weight excluding hydrogens is 589 g/mol. The first-order valence-corrected chi connectivity index (χ1v) is 14.8. The summed E-state index contributed by atoms with van der Waals surface area (Å²) < 4.78 is 44.7. The standard InChI is InChI=1S/C32H31F3N6O2S/c1-19(2)27-15-6-20(3)16-28(27)41-21(4)17-44-31(41)38-30(42)37-22(5)23-7-9-24(10-8-23)29-36-18-40(39-29)25-11-13-26(14-12-25)43-32(33,34)35/h6-19,22H,1-5H3,(H,37,42). The Balaban J connectivity index is 1.29. The van der Waals surface area contributed by atoms with Gasteiger partial charge in [0.2, 0.25) is 0 Å². The molecule has 228 valence electrons. The van der Waals surface area contributed by atoms with Crippen LogP contribution >= 0.6 is 11.3 Å². The van der Waals surface area contributed by atoms with Crippen LogP contribution in [-0.2, 0) is 0 Å². The van der Waals surface area contributed by atoms with Crippen LogP contribution in [0.15, 0.2) is 83.4 Å². The van der Waals surface area contributed by atoms with Gasteiger partial charge in [-0.05, 0) is 73.7 Å². The third kappa shape index (κ3) is 7.08. The Bertz CT molecular complexity index is 1840. The highest BCUT2D eigenvalue weighted by Crippen LogP contribution is 2.26. The fourth-order valence-corrected chi connectivity index (χ4v) is 5.59. The van der Waals surface area contributed by atoms with E-state index in [0.717, 1.165) is 28.1 Å². The van der Waals surface area contributed by atoms with Gasteiger partial charge in [0.25, 0.3) is 0 Å². The number of halogens is 3. The Morgan fingerprint density at radius 3 is 2.36 bits per heavy atom. The lowest BCUT2D eigenvalue weighted by Crippen LogP contribution is -2.27. The average molecular weight is 621 g/mol. The molecular formula is C32H31F3N6O2S. The van der Waals surface area contributed by atoms with Gasteiger partial charge in [0.05, 0.1) is 17.4 Å². The molecule has 0 fully saturated rings. The maximum Gasteiger partial charge on any atom is 0.573 e. The fraction of sp³-hybridized carbons (Fsp3) is 0.250. The highest BCUT2D eigenvalue weighted by Gasteiger charge is 2.31. The van der Waals surface area contributed by atoms with Gasteiger partial charge in [-0.15, -0.1) is 29.6 Å². The number of alkyl halides is 3. The van der Waals surface area contributed by atoms with Gasteiger partial charge in [0, 0.05) is 16.6 Å². The number of nitrogens with zero attached hydrogens (tertiary/aromatic N) is 5. The molecule has 2 aromatic heterocycles. The number of hydrogen-bond acceptors (Lipinski definition) is 5. The number of nitrogens with one attached hydrogen (secondary N) is 1. The first kappa shape index (κ1) is 30.7. The third-order valence-corrected chi connectivity index (χ3v) is 7.90. The number of hydrogen-bond donors (Lipinski definition) is 1. The lowest BCUT2D eigenvalue weighted by atomic mass is 9.99. The van der Waals surface area contributed by atoms with E-state index in [-0.39, 0.29) is 11.8 Å². The number of aromatic nitrogens is 4. The SMILES string of the molecule is Cc1ccc(C(C)C)c(-n2c(C)csc2=NC(=O)NC(C)c2ccc(-c3ncn(-c4ccc(OC(F)(F)F)cc4)n3)cc2)c1. The summed E-state index contributed by atoms with van der Waals surface area (Å²) in [6.07, 6.45) is -3.28. The summed E-state index contributed by atoms with van der Waals surface area (Å²) in [5.74, 6) is 0.426. The Morgan fingerprint density at radius 2 is 1.70 bits per heavy atom. The van der Waals surface area contributed by atoms with Crippen LogP contribution in [0.25, 0.3) is 22.8 Å². The minimum atomic E-state index is -4.76. The topological polar surface area (TPSA) is 86.3 Å². The molecule has 5 rings (SSSR count). The van der Waals surface area contributed by atoms with Gasteiger partial charge in [-0.25, -0.2) is 14.5 Å². The largest absolute Gasteiger partial charge is 0.573 e. The second-order valence-electron chi connectivity index (χ2n) is 10.7. The van der Waals surface area contributed by atoms with Crippen molar-refractivity contribution < 1.29 is 22.7 Å². The summed E-state index contributed by atoms with van der Waals surface area (Å²) in [7, 11) is 0. The number of benzene rings is 3. The van der Waals surface area contributed by atoms with Crippen molar-refractivity contribution in [1.82, 2.24) is 24.6 Å². The molecule has 2 amide bonds. The number of urea groups is 1. The quantitative estimate of drug-likeness (QED) is 0.201. The van der Waals surface area contributed by atoms with E-state index in [1.165, 1.54) is 52.2 Å². The number of ether oxygens (including phenoxy) is 1. The maximum atomic E-state index is 13.0. The van der Waals surface area contributed by atoms with Crippen molar-refractivity contribution in [3.05, 3.63) is 106 Å². The van der Waals surface area contributed by atoms with E-state index in [1.54, 1.807) is 0 Å². The molecule has 1 atom stereocenters. The molecule has 0 aliphatic carbocycles. The van der Waals surface area contributed by atoms with E-state index in [2.05, 4.69) is 57.2 Å². The highest BCUT2D eigenvalue weighted by atomic mass is 32.1. The zero-order valence-corrected chi connectivity index (χ0v) is 25.6. The highest BCUT2D eigenvalue weighted by molar-refractivity contribution is 7.07. The van der Waals surface area contributed by atoms with Crippen LogP contribution in [0.4, 0.5) is 18.0 Å². The zero-order valence-electron chi connectivity index (χ0n) is 24.8. The summed E-state index contributed by atoms with van der Waals surface area (Å²) >= 11 is 1.42. The number of carbonyl (C=O) groups excluding carboxylic acids is 1. The molecule has 0 radical (unpaired) electrons. The molecule has 2 heterocycles. The second-order valence-corrected chi connectivity index (χ2v) is 11.5. The molecule has 0 bridgehead atoms. The van der Waals surface area contributed by atoms with Crippen LogP contribution in [0.3, 0.4) is 0 Å². The summed E-state index contributed by atoms with van der Waals surface area (Å²) in [5.41, 5.74) is 6.47. The Kier molecular flexibility index (Phi) is 8.73. The van der Waals surface area contributed by atoms with Crippen LogP contribution in [0, 0.1) is 13.8 Å². The van der Waals surface area contributed by atoms with Crippen molar-refractivity contribution >= 4 is 17.4 Å². The third-order valence-electron chi connectivity index (χ3n) is 6.96. The van der Waals surface area contributed by atoms with Crippen LogP contribution < -0.4 is 14.9 Å². The fourth-order valence-electron chi connectivity index (χ4n) is 4.73. The van der Waals surface area contributed by atoms with Gasteiger partial charge in [0.1, 0.15) is 12.1 Å². The Hall–Kier alpha value is -4.71. The Labute approximate surface area is 256 Å². The normalized spacial score (nSPS) is 12.9. The van der Waals surface area contributed by atoms with E-state index >= 15 is 0 Å². The van der Waals surface area contributed by atoms with E-state index in [0.29, 0.717) is 22.2 Å². The Morgan fingerprint density at radius 1 is 1.00 bits per heavy atom. The van der Waals surface area contributed by atoms with Gasteiger partial charge < -0.3 is 10.1 Å². The first-order chi connectivity index (χ1) is 20.9. The second kappa shape index (κ2) is 12.5.